The molecule has 0 heterocycles. The Morgan fingerprint density at radius 1 is 1.25 bits per heavy atom. The van der Waals surface area contributed by atoms with E-state index in [-0.39, 0.29) is 5.41 Å². The molecule has 0 aliphatic heterocycles. The van der Waals surface area contributed by atoms with Gasteiger partial charge in [0, 0.05) is 6.42 Å². The lowest BCUT2D eigenvalue weighted by molar-refractivity contribution is 0.143. The highest BCUT2D eigenvalue weighted by Gasteiger charge is 2.36. The van der Waals surface area contributed by atoms with Gasteiger partial charge in [0.1, 0.15) is 5.75 Å². The van der Waals surface area contributed by atoms with Crippen molar-refractivity contribution in [2.75, 3.05) is 6.61 Å². The lowest BCUT2D eigenvalue weighted by Crippen LogP contribution is -2.29. The molecule has 1 aliphatic carbocycles. The van der Waals surface area contributed by atoms with Crippen molar-refractivity contribution in [1.29, 1.82) is 5.26 Å². The fraction of sp³-hybridized carbons (Fsp3) is 0.611. The molecule has 1 fully saturated rings. The molecule has 1 aromatic rings. The van der Waals surface area contributed by atoms with Gasteiger partial charge in [0.2, 0.25) is 0 Å². The van der Waals surface area contributed by atoms with Crippen molar-refractivity contribution in [1.82, 2.24) is 0 Å². The zero-order chi connectivity index (χ0) is 14.4. The zero-order valence-electron chi connectivity index (χ0n) is 12.6. The molecular weight excluding hydrogens is 246 g/mol. The molecular formula is C18H25NO. The molecule has 1 aromatic carbocycles. The van der Waals surface area contributed by atoms with E-state index in [0.29, 0.717) is 6.61 Å². The maximum absolute atomic E-state index is 9.56. The predicted octanol–water partition coefficient (Wildman–Crippen LogP) is 4.81. The molecule has 0 bridgehead atoms. The Hall–Kier alpha value is -1.49. The maximum atomic E-state index is 9.56. The molecule has 1 aliphatic rings. The van der Waals surface area contributed by atoms with Crippen LogP contribution in [0.1, 0.15) is 46.0 Å². The van der Waals surface area contributed by atoms with Crippen molar-refractivity contribution in [3.8, 4) is 11.8 Å². The minimum atomic E-state index is -0.153. The molecule has 0 unspecified atom stereocenters. The van der Waals surface area contributed by atoms with Crippen LogP contribution in [0.3, 0.4) is 0 Å². The van der Waals surface area contributed by atoms with Gasteiger partial charge in [-0.1, -0.05) is 32.0 Å². The van der Waals surface area contributed by atoms with Gasteiger partial charge < -0.3 is 4.74 Å². The Morgan fingerprint density at radius 2 is 1.90 bits per heavy atom. The fourth-order valence-electron chi connectivity index (χ4n) is 3.16. The number of hydrogen-bond donors (Lipinski definition) is 0. The van der Waals surface area contributed by atoms with Gasteiger partial charge in [0.25, 0.3) is 0 Å². The van der Waals surface area contributed by atoms with Crippen molar-refractivity contribution in [3.63, 3.8) is 0 Å². The second-order valence-electron chi connectivity index (χ2n) is 6.39. The minimum absolute atomic E-state index is 0.153. The first-order chi connectivity index (χ1) is 9.65. The van der Waals surface area contributed by atoms with Gasteiger partial charge >= 0.3 is 0 Å². The summed E-state index contributed by atoms with van der Waals surface area (Å²) in [6, 6.07) is 12.5. The van der Waals surface area contributed by atoms with Crippen LogP contribution >= 0.6 is 0 Å². The van der Waals surface area contributed by atoms with E-state index in [9.17, 15) is 5.26 Å². The van der Waals surface area contributed by atoms with Crippen LogP contribution in [0, 0.1) is 28.6 Å². The molecule has 108 valence electrons. The molecule has 1 saturated carbocycles. The topological polar surface area (TPSA) is 33.0 Å². The lowest BCUT2D eigenvalue weighted by Gasteiger charge is -2.36. The summed E-state index contributed by atoms with van der Waals surface area (Å²) in [6.07, 6.45) is 5.30. The number of hydrogen-bond acceptors (Lipinski definition) is 2. The van der Waals surface area contributed by atoms with Crippen molar-refractivity contribution in [3.05, 3.63) is 30.3 Å². The SMILES string of the molecule is CC(C)C1CCC(C#N)(CCOc2ccccc2)CC1. The predicted molar refractivity (Wildman–Crippen MR) is 81.4 cm³/mol. The van der Waals surface area contributed by atoms with Crippen LogP contribution in [0.25, 0.3) is 0 Å². The summed E-state index contributed by atoms with van der Waals surface area (Å²) in [4.78, 5) is 0. The Bertz CT molecular complexity index is 438. The number of para-hydroxylation sites is 1. The van der Waals surface area contributed by atoms with Crippen molar-refractivity contribution in [2.24, 2.45) is 17.3 Å². The first-order valence-corrected chi connectivity index (χ1v) is 7.74. The Kier molecular flexibility index (Phi) is 5.06. The van der Waals surface area contributed by atoms with Crippen LogP contribution in [-0.4, -0.2) is 6.61 Å². The highest BCUT2D eigenvalue weighted by atomic mass is 16.5. The summed E-state index contributed by atoms with van der Waals surface area (Å²) < 4.78 is 5.76. The Balaban J connectivity index is 1.83. The Labute approximate surface area is 122 Å². The van der Waals surface area contributed by atoms with Crippen molar-refractivity contribution < 1.29 is 4.74 Å². The monoisotopic (exact) mass is 271 g/mol. The molecule has 2 heteroatoms. The van der Waals surface area contributed by atoms with E-state index >= 15 is 0 Å². The summed E-state index contributed by atoms with van der Waals surface area (Å²) >= 11 is 0. The van der Waals surface area contributed by atoms with E-state index in [1.807, 2.05) is 30.3 Å². The summed E-state index contributed by atoms with van der Waals surface area (Å²) in [5.74, 6) is 2.44. The smallest absolute Gasteiger partial charge is 0.119 e. The number of benzene rings is 1. The minimum Gasteiger partial charge on any atom is -0.494 e. The number of ether oxygens (including phenoxy) is 1. The zero-order valence-corrected chi connectivity index (χ0v) is 12.6. The van der Waals surface area contributed by atoms with E-state index in [2.05, 4.69) is 19.9 Å². The molecule has 0 atom stereocenters. The van der Waals surface area contributed by atoms with E-state index < -0.39 is 0 Å². The quantitative estimate of drug-likeness (QED) is 0.769. The summed E-state index contributed by atoms with van der Waals surface area (Å²) in [5, 5.41) is 9.56. The van der Waals surface area contributed by atoms with E-state index in [1.165, 1.54) is 12.8 Å². The summed E-state index contributed by atoms with van der Waals surface area (Å²) in [7, 11) is 0. The van der Waals surface area contributed by atoms with E-state index in [0.717, 1.165) is 36.8 Å². The number of rotatable bonds is 5. The second-order valence-corrected chi connectivity index (χ2v) is 6.39. The lowest BCUT2D eigenvalue weighted by atomic mass is 9.67. The van der Waals surface area contributed by atoms with Crippen LogP contribution in [0.2, 0.25) is 0 Å². The van der Waals surface area contributed by atoms with Crippen molar-refractivity contribution >= 4 is 0 Å². The van der Waals surface area contributed by atoms with Gasteiger partial charge in [0.15, 0.2) is 0 Å². The first-order valence-electron chi connectivity index (χ1n) is 7.74. The van der Waals surface area contributed by atoms with Crippen LogP contribution in [0.15, 0.2) is 30.3 Å². The van der Waals surface area contributed by atoms with Gasteiger partial charge in [-0.3, -0.25) is 0 Å². The van der Waals surface area contributed by atoms with Gasteiger partial charge in [-0.15, -0.1) is 0 Å². The average Bonchev–Trinajstić information content (AvgIpc) is 2.49. The van der Waals surface area contributed by atoms with E-state index in [1.54, 1.807) is 0 Å². The molecule has 0 spiro atoms. The van der Waals surface area contributed by atoms with E-state index in [4.69, 9.17) is 4.74 Å². The van der Waals surface area contributed by atoms with Gasteiger partial charge in [-0.25, -0.2) is 0 Å². The third kappa shape index (κ3) is 3.76. The molecule has 0 aromatic heterocycles. The molecule has 0 radical (unpaired) electrons. The Morgan fingerprint density at radius 3 is 2.45 bits per heavy atom. The highest BCUT2D eigenvalue weighted by molar-refractivity contribution is 5.20. The van der Waals surface area contributed by atoms with Crippen LogP contribution in [-0.2, 0) is 0 Å². The first kappa shape index (κ1) is 14.9. The number of nitrogens with zero attached hydrogens (tertiary/aromatic N) is 1. The van der Waals surface area contributed by atoms with Gasteiger partial charge in [-0.2, -0.15) is 5.26 Å². The number of nitriles is 1. The normalized spacial score (nSPS) is 26.2. The second kappa shape index (κ2) is 6.79. The molecule has 0 saturated heterocycles. The third-order valence-electron chi connectivity index (χ3n) is 4.76. The third-order valence-corrected chi connectivity index (χ3v) is 4.76. The molecule has 0 amide bonds. The molecule has 0 N–H and O–H groups in total. The van der Waals surface area contributed by atoms with Crippen LogP contribution in [0.4, 0.5) is 0 Å². The standard InChI is InChI=1S/C18H25NO/c1-15(2)16-8-10-18(14-19,11-9-16)12-13-20-17-6-4-3-5-7-17/h3-7,15-16H,8-13H2,1-2H3. The highest BCUT2D eigenvalue weighted by Crippen LogP contribution is 2.43. The fourth-order valence-corrected chi connectivity index (χ4v) is 3.16. The maximum Gasteiger partial charge on any atom is 0.119 e. The van der Waals surface area contributed by atoms with Crippen LogP contribution in [0.5, 0.6) is 5.75 Å². The van der Waals surface area contributed by atoms with Crippen LogP contribution < -0.4 is 4.74 Å². The average molecular weight is 271 g/mol. The van der Waals surface area contributed by atoms with Crippen molar-refractivity contribution in [2.45, 2.75) is 46.0 Å². The molecule has 2 nitrogen and oxygen atoms in total. The molecule has 2 rings (SSSR count). The van der Waals surface area contributed by atoms with Gasteiger partial charge in [-0.05, 0) is 49.7 Å². The largest absolute Gasteiger partial charge is 0.494 e. The summed E-state index contributed by atoms with van der Waals surface area (Å²) in [6.45, 7) is 5.23. The van der Waals surface area contributed by atoms with Gasteiger partial charge in [0.05, 0.1) is 18.1 Å². The summed E-state index contributed by atoms with van der Waals surface area (Å²) in [5.41, 5.74) is -0.153. The molecule has 20 heavy (non-hydrogen) atoms.